The normalized spacial score (nSPS) is 12.5. The maximum absolute atomic E-state index is 11.0. The molecule has 13 heavy (non-hydrogen) atoms. The molecular formula is C11H15NO. The van der Waals surface area contributed by atoms with Crippen LogP contribution in [0.25, 0.3) is 0 Å². The summed E-state index contributed by atoms with van der Waals surface area (Å²) in [6.07, 6.45) is 0.762. The second-order valence-electron chi connectivity index (χ2n) is 3.27. The van der Waals surface area contributed by atoms with Gasteiger partial charge < -0.3 is 5.73 Å². The maximum atomic E-state index is 11.0. The number of primary amides is 1. The highest BCUT2D eigenvalue weighted by atomic mass is 16.1. The van der Waals surface area contributed by atoms with Gasteiger partial charge in [-0.05, 0) is 18.9 Å². The van der Waals surface area contributed by atoms with Crippen LogP contribution in [0.4, 0.5) is 0 Å². The Labute approximate surface area is 78.8 Å². The molecule has 0 aliphatic heterocycles. The van der Waals surface area contributed by atoms with Gasteiger partial charge in [0.1, 0.15) is 0 Å². The third kappa shape index (κ3) is 2.31. The Hall–Kier alpha value is -1.31. The smallest absolute Gasteiger partial charge is 0.224 e. The first-order valence-corrected chi connectivity index (χ1v) is 4.51. The molecule has 0 bridgehead atoms. The summed E-state index contributed by atoms with van der Waals surface area (Å²) in [4.78, 5) is 11.0. The number of carbonyl (C=O) groups excluding carboxylic acids is 1. The zero-order chi connectivity index (χ0) is 9.84. The van der Waals surface area contributed by atoms with Crippen LogP contribution in [-0.2, 0) is 4.79 Å². The molecule has 0 aromatic heterocycles. The second-order valence-corrected chi connectivity index (χ2v) is 3.27. The first kappa shape index (κ1) is 9.78. The van der Waals surface area contributed by atoms with Crippen molar-refractivity contribution in [1.82, 2.24) is 0 Å². The molecular weight excluding hydrogens is 162 g/mol. The predicted molar refractivity (Wildman–Crippen MR) is 53.4 cm³/mol. The monoisotopic (exact) mass is 177 g/mol. The standard InChI is InChI=1S/C11H15NO/c1-3-10(11(12)13)9-6-4-8(2)5-7-9/h4-7,10H,3H2,1-2H3,(H2,12,13). The molecule has 1 amide bonds. The summed E-state index contributed by atoms with van der Waals surface area (Å²) in [5.74, 6) is -0.382. The van der Waals surface area contributed by atoms with Crippen LogP contribution in [0.1, 0.15) is 30.4 Å². The van der Waals surface area contributed by atoms with Gasteiger partial charge in [0.15, 0.2) is 0 Å². The quantitative estimate of drug-likeness (QED) is 0.753. The Morgan fingerprint density at radius 1 is 1.38 bits per heavy atom. The average Bonchev–Trinajstić information content (AvgIpc) is 2.09. The topological polar surface area (TPSA) is 43.1 Å². The summed E-state index contributed by atoms with van der Waals surface area (Å²) in [7, 11) is 0. The Bertz CT molecular complexity index is 289. The molecule has 1 aromatic carbocycles. The van der Waals surface area contributed by atoms with Crippen molar-refractivity contribution in [1.29, 1.82) is 0 Å². The summed E-state index contributed by atoms with van der Waals surface area (Å²) >= 11 is 0. The number of benzene rings is 1. The van der Waals surface area contributed by atoms with E-state index in [1.54, 1.807) is 0 Å². The second kappa shape index (κ2) is 4.08. The van der Waals surface area contributed by atoms with Gasteiger partial charge in [-0.15, -0.1) is 0 Å². The third-order valence-corrected chi connectivity index (χ3v) is 2.23. The number of rotatable bonds is 3. The number of aryl methyl sites for hydroxylation is 1. The van der Waals surface area contributed by atoms with Crippen LogP contribution in [0.3, 0.4) is 0 Å². The van der Waals surface area contributed by atoms with E-state index in [2.05, 4.69) is 0 Å². The zero-order valence-corrected chi connectivity index (χ0v) is 8.08. The van der Waals surface area contributed by atoms with Gasteiger partial charge in [0.2, 0.25) is 5.91 Å². The molecule has 0 heterocycles. The highest BCUT2D eigenvalue weighted by Gasteiger charge is 2.14. The van der Waals surface area contributed by atoms with Crippen LogP contribution >= 0.6 is 0 Å². The van der Waals surface area contributed by atoms with Crippen LogP contribution in [0.15, 0.2) is 24.3 Å². The lowest BCUT2D eigenvalue weighted by atomic mass is 9.95. The van der Waals surface area contributed by atoms with Crippen molar-refractivity contribution >= 4 is 5.91 Å². The Morgan fingerprint density at radius 2 is 1.92 bits per heavy atom. The molecule has 0 fully saturated rings. The van der Waals surface area contributed by atoms with Gasteiger partial charge in [0, 0.05) is 0 Å². The third-order valence-electron chi connectivity index (χ3n) is 2.23. The van der Waals surface area contributed by atoms with Gasteiger partial charge in [-0.25, -0.2) is 0 Å². The van der Waals surface area contributed by atoms with Crippen molar-refractivity contribution in [3.63, 3.8) is 0 Å². The van der Waals surface area contributed by atoms with Gasteiger partial charge in [-0.3, -0.25) is 4.79 Å². The Morgan fingerprint density at radius 3 is 2.31 bits per heavy atom. The number of amides is 1. The Balaban J connectivity index is 2.92. The fourth-order valence-electron chi connectivity index (χ4n) is 1.40. The minimum Gasteiger partial charge on any atom is -0.369 e. The average molecular weight is 177 g/mol. The summed E-state index contributed by atoms with van der Waals surface area (Å²) < 4.78 is 0. The number of nitrogens with two attached hydrogens (primary N) is 1. The van der Waals surface area contributed by atoms with E-state index in [4.69, 9.17) is 5.73 Å². The van der Waals surface area contributed by atoms with Crippen LogP contribution in [0, 0.1) is 6.92 Å². The van der Waals surface area contributed by atoms with Gasteiger partial charge in [0.05, 0.1) is 5.92 Å². The predicted octanol–water partition coefficient (Wildman–Crippen LogP) is 1.97. The van der Waals surface area contributed by atoms with Crippen molar-refractivity contribution in [2.24, 2.45) is 5.73 Å². The van der Waals surface area contributed by atoms with Crippen LogP contribution < -0.4 is 5.73 Å². The largest absolute Gasteiger partial charge is 0.369 e. The molecule has 2 N–H and O–H groups in total. The molecule has 0 spiro atoms. The summed E-state index contributed by atoms with van der Waals surface area (Å²) in [6.45, 7) is 3.99. The zero-order valence-electron chi connectivity index (χ0n) is 8.08. The first-order chi connectivity index (χ1) is 6.15. The van der Waals surface area contributed by atoms with E-state index in [0.29, 0.717) is 0 Å². The number of hydrogen-bond acceptors (Lipinski definition) is 1. The van der Waals surface area contributed by atoms with E-state index in [1.807, 2.05) is 38.1 Å². The summed E-state index contributed by atoms with van der Waals surface area (Å²) in [6, 6.07) is 7.93. The van der Waals surface area contributed by atoms with Gasteiger partial charge >= 0.3 is 0 Å². The fourth-order valence-corrected chi connectivity index (χ4v) is 1.40. The van der Waals surface area contributed by atoms with Gasteiger partial charge in [-0.1, -0.05) is 36.8 Å². The molecule has 1 rings (SSSR count). The van der Waals surface area contributed by atoms with Crippen molar-refractivity contribution in [2.75, 3.05) is 0 Å². The lowest BCUT2D eigenvalue weighted by Gasteiger charge is -2.10. The van der Waals surface area contributed by atoms with E-state index in [0.717, 1.165) is 12.0 Å². The van der Waals surface area contributed by atoms with Crippen LogP contribution in [0.2, 0.25) is 0 Å². The van der Waals surface area contributed by atoms with E-state index >= 15 is 0 Å². The molecule has 1 atom stereocenters. The molecule has 2 heteroatoms. The first-order valence-electron chi connectivity index (χ1n) is 4.51. The highest BCUT2D eigenvalue weighted by Crippen LogP contribution is 2.18. The summed E-state index contributed by atoms with van der Waals surface area (Å²) in [5, 5.41) is 0. The van der Waals surface area contributed by atoms with Crippen molar-refractivity contribution in [2.45, 2.75) is 26.2 Å². The molecule has 0 radical (unpaired) electrons. The van der Waals surface area contributed by atoms with E-state index in [-0.39, 0.29) is 11.8 Å². The molecule has 0 saturated carbocycles. The molecule has 0 saturated heterocycles. The molecule has 0 aliphatic carbocycles. The minimum absolute atomic E-state index is 0.138. The molecule has 1 unspecified atom stereocenters. The lowest BCUT2D eigenvalue weighted by Crippen LogP contribution is -2.20. The van der Waals surface area contributed by atoms with Gasteiger partial charge in [-0.2, -0.15) is 0 Å². The number of hydrogen-bond donors (Lipinski definition) is 1. The van der Waals surface area contributed by atoms with E-state index < -0.39 is 0 Å². The molecule has 70 valence electrons. The SMILES string of the molecule is CCC(C(N)=O)c1ccc(C)cc1. The van der Waals surface area contributed by atoms with Crippen LogP contribution in [0.5, 0.6) is 0 Å². The maximum Gasteiger partial charge on any atom is 0.224 e. The molecule has 0 aliphatic rings. The van der Waals surface area contributed by atoms with Crippen LogP contribution in [-0.4, -0.2) is 5.91 Å². The van der Waals surface area contributed by atoms with Crippen molar-refractivity contribution < 1.29 is 4.79 Å². The lowest BCUT2D eigenvalue weighted by molar-refractivity contribution is -0.119. The molecule has 2 nitrogen and oxygen atoms in total. The minimum atomic E-state index is -0.244. The number of carbonyl (C=O) groups is 1. The fraction of sp³-hybridized carbons (Fsp3) is 0.364. The summed E-state index contributed by atoms with van der Waals surface area (Å²) in [5.41, 5.74) is 7.49. The van der Waals surface area contributed by atoms with Crippen molar-refractivity contribution in [3.05, 3.63) is 35.4 Å². The van der Waals surface area contributed by atoms with Gasteiger partial charge in [0.25, 0.3) is 0 Å². The Kier molecular flexibility index (Phi) is 3.07. The van der Waals surface area contributed by atoms with E-state index in [9.17, 15) is 4.79 Å². The highest BCUT2D eigenvalue weighted by molar-refractivity contribution is 5.81. The van der Waals surface area contributed by atoms with E-state index in [1.165, 1.54) is 5.56 Å². The molecule has 1 aromatic rings. The van der Waals surface area contributed by atoms with Crippen molar-refractivity contribution in [3.8, 4) is 0 Å².